The van der Waals surface area contributed by atoms with Crippen LogP contribution in [0.5, 0.6) is 0 Å². The first-order valence-electron chi connectivity index (χ1n) is 6.34. The van der Waals surface area contributed by atoms with Crippen molar-refractivity contribution in [1.82, 2.24) is 10.6 Å². The minimum atomic E-state index is 0.219. The Labute approximate surface area is 92.0 Å². The Hall–Kier alpha value is -0.570. The van der Waals surface area contributed by atoms with Gasteiger partial charge < -0.3 is 10.6 Å². The zero-order valence-corrected chi connectivity index (χ0v) is 9.43. The summed E-state index contributed by atoms with van der Waals surface area (Å²) < 4.78 is 0. The van der Waals surface area contributed by atoms with E-state index in [1.165, 1.54) is 38.5 Å². The lowest BCUT2D eigenvalue weighted by atomic mass is 10.1. The molecule has 2 aliphatic carbocycles. The minimum absolute atomic E-state index is 0.219. The summed E-state index contributed by atoms with van der Waals surface area (Å²) in [7, 11) is 0. The van der Waals surface area contributed by atoms with Gasteiger partial charge in [-0.2, -0.15) is 0 Å². The van der Waals surface area contributed by atoms with Gasteiger partial charge >= 0.3 is 0 Å². The second-order valence-corrected chi connectivity index (χ2v) is 4.95. The van der Waals surface area contributed by atoms with Crippen LogP contribution < -0.4 is 10.6 Å². The molecule has 3 heteroatoms. The summed E-state index contributed by atoms with van der Waals surface area (Å²) in [6.07, 6.45) is 8.55. The average molecular weight is 210 g/mol. The Morgan fingerprint density at radius 2 is 1.87 bits per heavy atom. The minimum Gasteiger partial charge on any atom is -0.353 e. The summed E-state index contributed by atoms with van der Waals surface area (Å²) in [6, 6.07) is 0.507. The monoisotopic (exact) mass is 210 g/mol. The van der Waals surface area contributed by atoms with E-state index >= 15 is 0 Å². The van der Waals surface area contributed by atoms with Crippen LogP contribution >= 0.6 is 0 Å². The second kappa shape index (κ2) is 5.50. The Kier molecular flexibility index (Phi) is 4.01. The second-order valence-electron chi connectivity index (χ2n) is 4.95. The van der Waals surface area contributed by atoms with Crippen LogP contribution in [0.25, 0.3) is 0 Å². The first-order chi connectivity index (χ1) is 7.34. The summed E-state index contributed by atoms with van der Waals surface area (Å²) in [5.74, 6) is 1.09. The highest BCUT2D eigenvalue weighted by molar-refractivity contribution is 5.76. The molecule has 2 fully saturated rings. The molecule has 0 aromatic heterocycles. The van der Waals surface area contributed by atoms with Crippen molar-refractivity contribution >= 4 is 5.91 Å². The van der Waals surface area contributed by atoms with Crippen LogP contribution in [-0.2, 0) is 4.79 Å². The molecule has 0 spiro atoms. The number of carbonyl (C=O) groups is 1. The molecule has 0 saturated heterocycles. The van der Waals surface area contributed by atoms with Gasteiger partial charge in [-0.25, -0.2) is 0 Å². The summed E-state index contributed by atoms with van der Waals surface area (Å²) in [5, 5.41) is 6.39. The molecule has 1 amide bonds. The van der Waals surface area contributed by atoms with Crippen molar-refractivity contribution in [3.05, 3.63) is 0 Å². The Bertz CT molecular complexity index is 208. The molecule has 0 unspecified atom stereocenters. The molecule has 2 rings (SSSR count). The third-order valence-corrected chi connectivity index (χ3v) is 3.38. The van der Waals surface area contributed by atoms with E-state index in [9.17, 15) is 4.79 Å². The fourth-order valence-electron chi connectivity index (χ4n) is 2.25. The van der Waals surface area contributed by atoms with Gasteiger partial charge in [0.1, 0.15) is 0 Å². The number of hydrogen-bond donors (Lipinski definition) is 2. The van der Waals surface area contributed by atoms with E-state index in [1.54, 1.807) is 0 Å². The van der Waals surface area contributed by atoms with Crippen molar-refractivity contribution < 1.29 is 4.79 Å². The van der Waals surface area contributed by atoms with Crippen LogP contribution in [0.2, 0.25) is 0 Å². The molecule has 0 aliphatic heterocycles. The van der Waals surface area contributed by atoms with Crippen molar-refractivity contribution in [2.24, 2.45) is 5.92 Å². The van der Waals surface area contributed by atoms with Gasteiger partial charge in [-0.3, -0.25) is 4.79 Å². The number of nitrogens with one attached hydrogen (secondary N) is 2. The van der Waals surface area contributed by atoms with Crippen molar-refractivity contribution in [2.45, 2.75) is 51.0 Å². The van der Waals surface area contributed by atoms with Gasteiger partial charge in [-0.1, -0.05) is 12.8 Å². The normalized spacial score (nSPS) is 21.9. The fraction of sp³-hybridized carbons (Fsp3) is 0.917. The maximum absolute atomic E-state index is 11.3. The van der Waals surface area contributed by atoms with Gasteiger partial charge in [0.05, 0.1) is 0 Å². The van der Waals surface area contributed by atoms with Crippen LogP contribution in [-0.4, -0.2) is 25.0 Å². The molecule has 15 heavy (non-hydrogen) atoms. The van der Waals surface area contributed by atoms with E-state index < -0.39 is 0 Å². The van der Waals surface area contributed by atoms with Gasteiger partial charge in [-0.15, -0.1) is 0 Å². The maximum atomic E-state index is 11.3. The topological polar surface area (TPSA) is 41.1 Å². The molecule has 0 aromatic carbocycles. The fourth-order valence-corrected chi connectivity index (χ4v) is 2.25. The molecule has 86 valence electrons. The molecule has 0 heterocycles. The Morgan fingerprint density at radius 1 is 1.13 bits per heavy atom. The number of rotatable bonds is 6. The molecule has 0 atom stereocenters. The highest BCUT2D eigenvalue weighted by atomic mass is 16.1. The van der Waals surface area contributed by atoms with Gasteiger partial charge in [0, 0.05) is 19.0 Å². The van der Waals surface area contributed by atoms with E-state index in [0.29, 0.717) is 12.5 Å². The molecule has 2 aliphatic rings. The lowest BCUT2D eigenvalue weighted by Crippen LogP contribution is -2.30. The quantitative estimate of drug-likeness (QED) is 0.651. The summed E-state index contributed by atoms with van der Waals surface area (Å²) in [5.41, 5.74) is 0. The summed E-state index contributed by atoms with van der Waals surface area (Å²) in [4.78, 5) is 11.3. The zero-order valence-electron chi connectivity index (χ0n) is 9.43. The van der Waals surface area contributed by atoms with Crippen LogP contribution in [0.3, 0.4) is 0 Å². The third kappa shape index (κ3) is 4.20. The highest BCUT2D eigenvalue weighted by Crippen LogP contribution is 2.23. The van der Waals surface area contributed by atoms with Crippen LogP contribution in [0.1, 0.15) is 44.9 Å². The van der Waals surface area contributed by atoms with Gasteiger partial charge in [0.15, 0.2) is 0 Å². The summed E-state index contributed by atoms with van der Waals surface area (Å²) in [6.45, 7) is 1.95. The molecule has 3 nitrogen and oxygen atoms in total. The summed E-state index contributed by atoms with van der Waals surface area (Å²) >= 11 is 0. The lowest BCUT2D eigenvalue weighted by molar-refractivity contribution is -0.121. The Balaban J connectivity index is 1.44. The van der Waals surface area contributed by atoms with Crippen molar-refractivity contribution in [3.63, 3.8) is 0 Å². The first kappa shape index (κ1) is 10.9. The van der Waals surface area contributed by atoms with Crippen molar-refractivity contribution in [2.75, 3.05) is 13.1 Å². The van der Waals surface area contributed by atoms with Crippen LogP contribution in [0.4, 0.5) is 0 Å². The third-order valence-electron chi connectivity index (χ3n) is 3.38. The van der Waals surface area contributed by atoms with Crippen molar-refractivity contribution in [3.8, 4) is 0 Å². The number of hydrogen-bond acceptors (Lipinski definition) is 2. The average Bonchev–Trinajstić information content (AvgIpc) is 2.87. The number of amides is 1. The largest absolute Gasteiger partial charge is 0.353 e. The molecular weight excluding hydrogens is 188 g/mol. The van der Waals surface area contributed by atoms with Crippen molar-refractivity contribution in [1.29, 1.82) is 0 Å². The van der Waals surface area contributed by atoms with E-state index in [0.717, 1.165) is 19.0 Å². The van der Waals surface area contributed by atoms with Gasteiger partial charge in [0.2, 0.25) is 5.91 Å². The highest BCUT2D eigenvalue weighted by Gasteiger charge is 2.22. The Morgan fingerprint density at radius 3 is 2.53 bits per heavy atom. The predicted octanol–water partition coefficient (Wildman–Crippen LogP) is 1.43. The van der Waals surface area contributed by atoms with E-state index in [4.69, 9.17) is 0 Å². The van der Waals surface area contributed by atoms with Gasteiger partial charge in [-0.05, 0) is 38.1 Å². The zero-order chi connectivity index (χ0) is 10.5. The molecule has 2 N–H and O–H groups in total. The van der Waals surface area contributed by atoms with E-state index in [2.05, 4.69) is 10.6 Å². The lowest BCUT2D eigenvalue weighted by Gasteiger charge is -2.10. The standard InChI is InChI=1S/C12H22N2O/c15-12(14-11-5-6-11)7-8-13-9-10-3-1-2-4-10/h10-11,13H,1-9H2,(H,14,15). The molecule has 0 radical (unpaired) electrons. The maximum Gasteiger partial charge on any atom is 0.221 e. The SMILES string of the molecule is O=C(CCNCC1CCCC1)NC1CC1. The molecule has 0 aromatic rings. The smallest absolute Gasteiger partial charge is 0.221 e. The van der Waals surface area contributed by atoms with E-state index in [-0.39, 0.29) is 5.91 Å². The van der Waals surface area contributed by atoms with Crippen LogP contribution in [0, 0.1) is 5.92 Å². The molecule has 2 saturated carbocycles. The molecule has 0 bridgehead atoms. The van der Waals surface area contributed by atoms with Gasteiger partial charge in [0.25, 0.3) is 0 Å². The first-order valence-corrected chi connectivity index (χ1v) is 6.34. The van der Waals surface area contributed by atoms with E-state index in [1.807, 2.05) is 0 Å². The molecular formula is C12H22N2O. The predicted molar refractivity (Wildman–Crippen MR) is 60.6 cm³/mol. The number of carbonyl (C=O) groups excluding carboxylic acids is 1. The van der Waals surface area contributed by atoms with Crippen LogP contribution in [0.15, 0.2) is 0 Å².